The molecule has 0 aliphatic heterocycles. The highest BCUT2D eigenvalue weighted by Gasteiger charge is 2.22. The fourth-order valence-corrected chi connectivity index (χ4v) is 2.49. The van der Waals surface area contributed by atoms with Crippen molar-refractivity contribution in [1.82, 2.24) is 0 Å². The van der Waals surface area contributed by atoms with Crippen molar-refractivity contribution in [3.05, 3.63) is 35.9 Å². The summed E-state index contributed by atoms with van der Waals surface area (Å²) in [7, 11) is 0. The van der Waals surface area contributed by atoms with Crippen molar-refractivity contribution in [3.63, 3.8) is 0 Å². The van der Waals surface area contributed by atoms with Gasteiger partial charge in [-0.25, -0.2) is 0 Å². The molecule has 1 aliphatic carbocycles. The molecule has 0 radical (unpaired) electrons. The first-order chi connectivity index (χ1) is 6.38. The van der Waals surface area contributed by atoms with Crippen molar-refractivity contribution >= 4 is 0 Å². The van der Waals surface area contributed by atoms with Gasteiger partial charge in [-0.1, -0.05) is 50.1 Å². The van der Waals surface area contributed by atoms with Gasteiger partial charge in [0.05, 0.1) is 0 Å². The SMILES string of the molecule is CC(c1ccccc1)C1CCCC1. The van der Waals surface area contributed by atoms with Gasteiger partial charge in [0.15, 0.2) is 0 Å². The number of hydrogen-bond acceptors (Lipinski definition) is 0. The first kappa shape index (κ1) is 8.80. The predicted octanol–water partition coefficient (Wildman–Crippen LogP) is 3.98. The minimum atomic E-state index is 0.767. The monoisotopic (exact) mass is 174 g/mol. The van der Waals surface area contributed by atoms with Gasteiger partial charge in [0, 0.05) is 0 Å². The summed E-state index contributed by atoms with van der Waals surface area (Å²) in [6.07, 6.45) is 5.77. The van der Waals surface area contributed by atoms with Crippen molar-refractivity contribution in [2.75, 3.05) is 0 Å². The zero-order valence-corrected chi connectivity index (χ0v) is 8.37. The van der Waals surface area contributed by atoms with Crippen LogP contribution < -0.4 is 0 Å². The lowest BCUT2D eigenvalue weighted by Gasteiger charge is -2.18. The lowest BCUT2D eigenvalue weighted by Crippen LogP contribution is -2.05. The lowest BCUT2D eigenvalue weighted by atomic mass is 9.87. The third-order valence-electron chi connectivity index (χ3n) is 3.43. The van der Waals surface area contributed by atoms with Gasteiger partial charge in [0.25, 0.3) is 0 Å². The summed E-state index contributed by atoms with van der Waals surface area (Å²) in [5.41, 5.74) is 1.52. The zero-order chi connectivity index (χ0) is 9.10. The average molecular weight is 174 g/mol. The number of benzene rings is 1. The quantitative estimate of drug-likeness (QED) is 0.636. The topological polar surface area (TPSA) is 0 Å². The first-order valence-electron chi connectivity index (χ1n) is 5.43. The first-order valence-corrected chi connectivity index (χ1v) is 5.43. The van der Waals surface area contributed by atoms with Crippen LogP contribution in [0.3, 0.4) is 0 Å². The summed E-state index contributed by atoms with van der Waals surface area (Å²) in [6.45, 7) is 2.38. The van der Waals surface area contributed by atoms with Gasteiger partial charge in [-0.3, -0.25) is 0 Å². The maximum absolute atomic E-state index is 2.38. The Hall–Kier alpha value is -0.780. The van der Waals surface area contributed by atoms with E-state index in [2.05, 4.69) is 37.3 Å². The fraction of sp³-hybridized carbons (Fsp3) is 0.538. The molecule has 0 saturated heterocycles. The molecule has 1 atom stereocenters. The van der Waals surface area contributed by atoms with E-state index in [1.54, 1.807) is 0 Å². The lowest BCUT2D eigenvalue weighted by molar-refractivity contribution is 0.461. The normalized spacial score (nSPS) is 20.4. The van der Waals surface area contributed by atoms with Crippen LogP contribution in [0.25, 0.3) is 0 Å². The molecule has 0 aromatic heterocycles. The molecule has 0 spiro atoms. The summed E-state index contributed by atoms with van der Waals surface area (Å²) < 4.78 is 0. The van der Waals surface area contributed by atoms with Gasteiger partial charge in [-0.05, 0) is 30.2 Å². The Morgan fingerprint density at radius 1 is 1.08 bits per heavy atom. The maximum Gasteiger partial charge on any atom is -0.0162 e. The Bertz CT molecular complexity index is 244. The zero-order valence-electron chi connectivity index (χ0n) is 8.37. The molecule has 1 fully saturated rings. The Kier molecular flexibility index (Phi) is 2.68. The van der Waals surface area contributed by atoms with Crippen molar-refractivity contribution < 1.29 is 0 Å². The molecule has 0 heteroatoms. The van der Waals surface area contributed by atoms with Crippen LogP contribution in [-0.4, -0.2) is 0 Å². The largest absolute Gasteiger partial charge is 0.0622 e. The molecular weight excluding hydrogens is 156 g/mol. The predicted molar refractivity (Wildman–Crippen MR) is 56.8 cm³/mol. The van der Waals surface area contributed by atoms with Gasteiger partial charge in [-0.2, -0.15) is 0 Å². The van der Waals surface area contributed by atoms with Crippen LogP contribution in [0.2, 0.25) is 0 Å². The van der Waals surface area contributed by atoms with Crippen LogP contribution in [0.15, 0.2) is 30.3 Å². The van der Waals surface area contributed by atoms with Crippen molar-refractivity contribution in [2.24, 2.45) is 5.92 Å². The number of hydrogen-bond donors (Lipinski definition) is 0. The van der Waals surface area contributed by atoms with E-state index < -0.39 is 0 Å². The minimum absolute atomic E-state index is 0.767. The molecule has 1 aromatic carbocycles. The van der Waals surface area contributed by atoms with Crippen LogP contribution in [-0.2, 0) is 0 Å². The Labute approximate surface area is 81.0 Å². The van der Waals surface area contributed by atoms with Gasteiger partial charge in [-0.15, -0.1) is 0 Å². The van der Waals surface area contributed by atoms with Crippen molar-refractivity contribution in [1.29, 1.82) is 0 Å². The molecule has 0 N–H and O–H groups in total. The molecule has 2 rings (SSSR count). The Balaban J connectivity index is 2.08. The molecule has 70 valence electrons. The van der Waals surface area contributed by atoms with Crippen molar-refractivity contribution in [3.8, 4) is 0 Å². The highest BCUT2D eigenvalue weighted by atomic mass is 14.3. The van der Waals surface area contributed by atoms with Gasteiger partial charge in [0.1, 0.15) is 0 Å². The van der Waals surface area contributed by atoms with E-state index in [0.29, 0.717) is 0 Å². The second-order valence-electron chi connectivity index (χ2n) is 4.24. The summed E-state index contributed by atoms with van der Waals surface area (Å²) >= 11 is 0. The van der Waals surface area contributed by atoms with E-state index in [9.17, 15) is 0 Å². The van der Waals surface area contributed by atoms with Crippen LogP contribution >= 0.6 is 0 Å². The molecular formula is C13H18. The molecule has 1 aliphatic rings. The molecule has 0 bridgehead atoms. The second kappa shape index (κ2) is 3.95. The van der Waals surface area contributed by atoms with E-state index in [1.165, 1.54) is 31.2 Å². The van der Waals surface area contributed by atoms with Crippen LogP contribution in [0.4, 0.5) is 0 Å². The summed E-state index contributed by atoms with van der Waals surface area (Å²) in [5.74, 6) is 1.71. The summed E-state index contributed by atoms with van der Waals surface area (Å²) in [6, 6.07) is 10.9. The van der Waals surface area contributed by atoms with Crippen LogP contribution in [0.5, 0.6) is 0 Å². The molecule has 1 saturated carbocycles. The Morgan fingerprint density at radius 2 is 1.69 bits per heavy atom. The van der Waals surface area contributed by atoms with E-state index in [4.69, 9.17) is 0 Å². The summed E-state index contributed by atoms with van der Waals surface area (Å²) in [5, 5.41) is 0. The van der Waals surface area contributed by atoms with Gasteiger partial charge in [0.2, 0.25) is 0 Å². The highest BCUT2D eigenvalue weighted by molar-refractivity contribution is 5.19. The maximum atomic E-state index is 2.38. The molecule has 0 heterocycles. The average Bonchev–Trinajstić information content (AvgIpc) is 2.71. The van der Waals surface area contributed by atoms with E-state index in [1.807, 2.05) is 0 Å². The molecule has 0 amide bonds. The molecule has 1 aromatic rings. The highest BCUT2D eigenvalue weighted by Crippen LogP contribution is 2.36. The fourth-order valence-electron chi connectivity index (χ4n) is 2.49. The third-order valence-corrected chi connectivity index (χ3v) is 3.43. The van der Waals surface area contributed by atoms with E-state index in [-0.39, 0.29) is 0 Å². The van der Waals surface area contributed by atoms with Crippen LogP contribution in [0, 0.1) is 5.92 Å². The standard InChI is InChI=1S/C13H18/c1-11(13-9-5-6-10-13)12-7-3-2-4-8-12/h2-4,7-8,11,13H,5-6,9-10H2,1H3. The van der Waals surface area contributed by atoms with Crippen LogP contribution in [0.1, 0.15) is 44.1 Å². The smallest absolute Gasteiger partial charge is 0.0162 e. The van der Waals surface area contributed by atoms with Gasteiger partial charge < -0.3 is 0 Å². The third kappa shape index (κ3) is 1.93. The summed E-state index contributed by atoms with van der Waals surface area (Å²) in [4.78, 5) is 0. The molecule has 13 heavy (non-hydrogen) atoms. The van der Waals surface area contributed by atoms with Gasteiger partial charge >= 0.3 is 0 Å². The number of rotatable bonds is 2. The van der Waals surface area contributed by atoms with E-state index in [0.717, 1.165) is 11.8 Å². The molecule has 0 nitrogen and oxygen atoms in total. The Morgan fingerprint density at radius 3 is 2.31 bits per heavy atom. The minimum Gasteiger partial charge on any atom is -0.0622 e. The molecule has 1 unspecified atom stereocenters. The van der Waals surface area contributed by atoms with Crippen molar-refractivity contribution in [2.45, 2.75) is 38.5 Å². The second-order valence-corrected chi connectivity index (χ2v) is 4.24. The van der Waals surface area contributed by atoms with E-state index >= 15 is 0 Å².